The van der Waals surface area contributed by atoms with E-state index in [1.807, 2.05) is 25.1 Å². The van der Waals surface area contributed by atoms with Crippen molar-refractivity contribution in [1.29, 1.82) is 0 Å². The third kappa shape index (κ3) is 7.68. The standard InChI is InChI=1S/C32H43ClN2O4S/c1-5-8-24-18-26(33)11-13-28(24)25-20-35-16-15-23(6-2)30(38-4)10-7-9-22(3)17-32(36)34-40(37)27-12-14-31(39-21-25)29(35)19-27/h7,10-14,18-19,22-23,25,30H,5-6,8-9,15-17,20-21H2,1-4H3,(H,34,36)/b10-7+. The molecule has 40 heavy (non-hydrogen) atoms. The summed E-state index contributed by atoms with van der Waals surface area (Å²) in [5.74, 6) is 1.17. The van der Waals surface area contributed by atoms with E-state index in [1.165, 1.54) is 11.1 Å². The van der Waals surface area contributed by atoms with Crippen LogP contribution >= 0.6 is 11.6 Å². The maximum Gasteiger partial charge on any atom is 0.232 e. The highest BCUT2D eigenvalue weighted by Gasteiger charge is 2.28. The minimum absolute atomic E-state index is 0.00341. The Balaban J connectivity index is 1.72. The molecule has 1 amide bonds. The van der Waals surface area contributed by atoms with Crippen LogP contribution in [0.5, 0.6) is 5.75 Å². The Kier molecular flexibility index (Phi) is 11.1. The van der Waals surface area contributed by atoms with Crippen molar-refractivity contribution < 1.29 is 18.5 Å². The second-order valence-corrected chi connectivity index (χ2v) is 12.8. The molecule has 0 spiro atoms. The van der Waals surface area contributed by atoms with E-state index < -0.39 is 11.0 Å². The van der Waals surface area contributed by atoms with Gasteiger partial charge in [-0.15, -0.1) is 0 Å². The summed E-state index contributed by atoms with van der Waals surface area (Å²) in [5, 5.41) is 0.753. The van der Waals surface area contributed by atoms with Gasteiger partial charge in [-0.3, -0.25) is 9.52 Å². The van der Waals surface area contributed by atoms with E-state index in [4.69, 9.17) is 21.1 Å². The molecule has 2 aliphatic heterocycles. The molecule has 0 saturated heterocycles. The van der Waals surface area contributed by atoms with Gasteiger partial charge < -0.3 is 14.4 Å². The van der Waals surface area contributed by atoms with Crippen LogP contribution in [0.15, 0.2) is 53.4 Å². The van der Waals surface area contributed by atoms with Crippen molar-refractivity contribution in [3.8, 4) is 5.75 Å². The number of benzene rings is 2. The molecular weight excluding hydrogens is 544 g/mol. The molecule has 218 valence electrons. The maximum absolute atomic E-state index is 13.2. The Hall–Kier alpha value is -2.35. The lowest BCUT2D eigenvalue weighted by Crippen LogP contribution is -2.33. The van der Waals surface area contributed by atoms with Crippen molar-refractivity contribution in [2.24, 2.45) is 11.8 Å². The van der Waals surface area contributed by atoms with Crippen LogP contribution in [-0.2, 0) is 26.9 Å². The number of hydrogen-bond acceptors (Lipinski definition) is 5. The first-order valence-electron chi connectivity index (χ1n) is 14.5. The summed E-state index contributed by atoms with van der Waals surface area (Å²) in [7, 11) is 0.125. The second-order valence-electron chi connectivity index (χ2n) is 11.1. The number of ether oxygens (including phenoxy) is 2. The third-order valence-electron chi connectivity index (χ3n) is 8.07. The first kappa shape index (κ1) is 30.6. The number of amides is 1. The lowest BCUT2D eigenvalue weighted by molar-refractivity contribution is -0.120. The van der Waals surface area contributed by atoms with Crippen molar-refractivity contribution >= 4 is 34.2 Å². The van der Waals surface area contributed by atoms with Gasteiger partial charge in [0.05, 0.1) is 23.3 Å². The fourth-order valence-corrected chi connectivity index (χ4v) is 6.86. The molecule has 1 N–H and O–H groups in total. The average Bonchev–Trinajstić information content (AvgIpc) is 3.11. The Labute approximate surface area is 247 Å². The molecule has 5 atom stereocenters. The average molecular weight is 587 g/mol. The molecule has 0 fully saturated rings. The number of halogens is 1. The first-order valence-corrected chi connectivity index (χ1v) is 16.1. The van der Waals surface area contributed by atoms with Crippen LogP contribution in [0.4, 0.5) is 5.69 Å². The molecule has 5 unspecified atom stereocenters. The summed E-state index contributed by atoms with van der Waals surface area (Å²) in [6.07, 6.45) is 9.28. The predicted molar refractivity (Wildman–Crippen MR) is 164 cm³/mol. The number of carbonyl (C=O) groups excluding carboxylic acids is 1. The van der Waals surface area contributed by atoms with Crippen molar-refractivity contribution in [3.05, 3.63) is 64.7 Å². The van der Waals surface area contributed by atoms with Crippen LogP contribution in [0.1, 0.15) is 69.9 Å². The zero-order valence-corrected chi connectivity index (χ0v) is 25.7. The zero-order chi connectivity index (χ0) is 28.6. The van der Waals surface area contributed by atoms with Gasteiger partial charge in [0.2, 0.25) is 5.91 Å². The Bertz CT molecular complexity index is 1220. The van der Waals surface area contributed by atoms with Gasteiger partial charge in [-0.1, -0.05) is 63.4 Å². The van der Waals surface area contributed by atoms with Gasteiger partial charge in [-0.25, -0.2) is 4.21 Å². The SMILES string of the molecule is CCCc1cc(Cl)ccc1C1COc2ccc3cc2N(CCC(CC)C(OC)/C=C/CC(C)CC(=O)NS3=O)C1. The van der Waals surface area contributed by atoms with Gasteiger partial charge in [-0.05, 0) is 72.6 Å². The van der Waals surface area contributed by atoms with Crippen molar-refractivity contribution in [3.63, 3.8) is 0 Å². The van der Waals surface area contributed by atoms with Crippen LogP contribution in [0.3, 0.4) is 0 Å². The Morgan fingerprint density at radius 3 is 2.77 bits per heavy atom. The monoisotopic (exact) mass is 586 g/mol. The Morgan fingerprint density at radius 2 is 2.02 bits per heavy atom. The Morgan fingerprint density at radius 1 is 1.20 bits per heavy atom. The van der Waals surface area contributed by atoms with E-state index >= 15 is 0 Å². The maximum atomic E-state index is 13.2. The van der Waals surface area contributed by atoms with Crippen LogP contribution < -0.4 is 14.4 Å². The molecule has 2 heterocycles. The fourth-order valence-electron chi connectivity index (χ4n) is 5.85. The number of allylic oxidation sites excluding steroid dienone is 1. The van der Waals surface area contributed by atoms with Crippen molar-refractivity contribution in [2.45, 2.75) is 76.2 Å². The van der Waals surface area contributed by atoms with Gasteiger partial charge >= 0.3 is 0 Å². The summed E-state index contributed by atoms with van der Waals surface area (Å²) < 4.78 is 28.2. The number of rotatable bonds is 5. The number of carbonyl (C=O) groups is 1. The molecule has 4 rings (SSSR count). The zero-order valence-electron chi connectivity index (χ0n) is 24.2. The number of hydrogen-bond donors (Lipinski definition) is 1. The topological polar surface area (TPSA) is 67.9 Å². The van der Waals surface area contributed by atoms with Gasteiger partial charge in [-0.2, -0.15) is 0 Å². The van der Waals surface area contributed by atoms with E-state index in [1.54, 1.807) is 13.2 Å². The third-order valence-corrected chi connectivity index (χ3v) is 9.40. The van der Waals surface area contributed by atoms with Gasteiger partial charge in [0, 0.05) is 37.6 Å². The normalized spacial score (nSPS) is 26.9. The summed E-state index contributed by atoms with van der Waals surface area (Å²) in [5.41, 5.74) is 3.44. The number of nitrogens with zero attached hydrogens (tertiary/aromatic N) is 1. The molecule has 0 saturated carbocycles. The van der Waals surface area contributed by atoms with Gasteiger partial charge in [0.1, 0.15) is 5.75 Å². The lowest BCUT2D eigenvalue weighted by atomic mass is 9.91. The molecule has 0 radical (unpaired) electrons. The van der Waals surface area contributed by atoms with E-state index in [-0.39, 0.29) is 23.8 Å². The summed E-state index contributed by atoms with van der Waals surface area (Å²) >= 11 is 6.38. The smallest absolute Gasteiger partial charge is 0.232 e. The first-order chi connectivity index (χ1) is 19.3. The quantitative estimate of drug-likeness (QED) is 0.389. The molecule has 0 aromatic heterocycles. The second kappa shape index (κ2) is 14.5. The van der Waals surface area contributed by atoms with E-state index in [2.05, 4.69) is 47.8 Å². The van der Waals surface area contributed by atoms with Crippen molar-refractivity contribution in [2.75, 3.05) is 31.7 Å². The summed E-state index contributed by atoms with van der Waals surface area (Å²) in [4.78, 5) is 15.6. The number of anilines is 1. The molecule has 6 nitrogen and oxygen atoms in total. The van der Waals surface area contributed by atoms with Crippen LogP contribution in [0.2, 0.25) is 5.02 Å². The highest BCUT2D eigenvalue weighted by atomic mass is 35.5. The minimum atomic E-state index is -1.65. The van der Waals surface area contributed by atoms with E-state index in [0.717, 1.165) is 61.7 Å². The van der Waals surface area contributed by atoms with Gasteiger partial charge in [0.25, 0.3) is 0 Å². The molecular formula is C32H43ClN2O4S. The molecule has 2 bridgehead atoms. The van der Waals surface area contributed by atoms with Crippen LogP contribution in [-0.4, -0.2) is 43.0 Å². The van der Waals surface area contributed by atoms with E-state index in [9.17, 15) is 9.00 Å². The van der Waals surface area contributed by atoms with Crippen molar-refractivity contribution in [1.82, 2.24) is 4.72 Å². The molecule has 2 aliphatic rings. The van der Waals surface area contributed by atoms with Crippen LogP contribution in [0, 0.1) is 11.8 Å². The molecule has 2 aromatic carbocycles. The number of nitrogens with one attached hydrogen (secondary N) is 1. The number of methoxy groups -OCH3 is 1. The van der Waals surface area contributed by atoms with Crippen LogP contribution in [0.25, 0.3) is 0 Å². The lowest BCUT2D eigenvalue weighted by Gasteiger charge is -2.31. The highest BCUT2D eigenvalue weighted by Crippen LogP contribution is 2.38. The predicted octanol–water partition coefficient (Wildman–Crippen LogP) is 6.83. The molecule has 0 aliphatic carbocycles. The largest absolute Gasteiger partial charge is 0.491 e. The fraction of sp³-hybridized carbons (Fsp3) is 0.531. The molecule has 2 aromatic rings. The summed E-state index contributed by atoms with van der Waals surface area (Å²) in [6, 6.07) is 11.8. The summed E-state index contributed by atoms with van der Waals surface area (Å²) in [6.45, 7) is 8.53. The minimum Gasteiger partial charge on any atom is -0.491 e. The van der Waals surface area contributed by atoms with Gasteiger partial charge in [0.15, 0.2) is 11.0 Å². The number of fused-ring (bicyclic) bond motifs is 1. The highest BCUT2D eigenvalue weighted by molar-refractivity contribution is 7.83. The number of aryl methyl sites for hydroxylation is 1. The molecule has 8 heteroatoms. The van der Waals surface area contributed by atoms with E-state index in [0.29, 0.717) is 23.8 Å².